The van der Waals surface area contributed by atoms with Crippen molar-refractivity contribution in [3.05, 3.63) is 32.6 Å². The lowest BCUT2D eigenvalue weighted by Crippen LogP contribution is -2.38. The van der Waals surface area contributed by atoms with Crippen LogP contribution in [0.4, 0.5) is 5.69 Å². The van der Waals surface area contributed by atoms with E-state index >= 15 is 0 Å². The Labute approximate surface area is 128 Å². The van der Waals surface area contributed by atoms with E-state index in [0.717, 1.165) is 6.07 Å². The number of aromatic nitrogens is 1. The Morgan fingerprint density at radius 2 is 2.04 bits per heavy atom. The molecule has 0 aromatic rings. The lowest BCUT2D eigenvalue weighted by molar-refractivity contribution is -0.130. The third-order valence-corrected chi connectivity index (χ3v) is 3.66. The normalized spacial score (nSPS) is 16.7. The van der Waals surface area contributed by atoms with Crippen molar-refractivity contribution in [2.75, 3.05) is 5.73 Å². The van der Waals surface area contributed by atoms with Crippen LogP contribution in [0.1, 0.15) is 23.7 Å². The van der Waals surface area contributed by atoms with Gasteiger partial charge in [-0.25, -0.2) is 14.6 Å². The number of carboxylic acid groups (broad SMARTS) is 2. The summed E-state index contributed by atoms with van der Waals surface area (Å²) in [4.78, 5) is 38.7. The topological polar surface area (TPSA) is 144 Å². The summed E-state index contributed by atoms with van der Waals surface area (Å²) in [6.45, 7) is 1.82. The van der Waals surface area contributed by atoms with Gasteiger partial charge in [0.15, 0.2) is 5.76 Å². The monoisotopic (exact) mass is 316 g/mol. The van der Waals surface area contributed by atoms with Crippen LogP contribution in [0, 0.1) is 5.92 Å². The van der Waals surface area contributed by atoms with Gasteiger partial charge in [0, 0.05) is 6.07 Å². The Hall–Kier alpha value is -3.16. The fourth-order valence-corrected chi connectivity index (χ4v) is 2.63. The zero-order chi connectivity index (χ0) is 16.9. The number of aliphatic carboxylic acids is 1. The minimum atomic E-state index is -1.43. The molecule has 0 saturated carbocycles. The van der Waals surface area contributed by atoms with E-state index in [0.29, 0.717) is 0 Å². The van der Waals surface area contributed by atoms with Gasteiger partial charge in [-0.15, -0.1) is 0 Å². The third-order valence-electron chi connectivity index (χ3n) is 3.66. The third kappa shape index (κ3) is 2.24. The van der Waals surface area contributed by atoms with Crippen molar-refractivity contribution in [2.45, 2.75) is 13.3 Å². The van der Waals surface area contributed by atoms with E-state index < -0.39 is 28.6 Å². The second-order valence-corrected chi connectivity index (χ2v) is 5.37. The summed E-state index contributed by atoms with van der Waals surface area (Å²) in [7, 11) is 0. The first-order valence-electron chi connectivity index (χ1n) is 6.74. The molecule has 0 aromatic heterocycles. The van der Waals surface area contributed by atoms with Gasteiger partial charge < -0.3 is 20.4 Å². The van der Waals surface area contributed by atoms with Crippen molar-refractivity contribution in [1.29, 1.82) is 0 Å². The molecule has 3 aliphatic rings. The van der Waals surface area contributed by atoms with Crippen LogP contribution in [-0.4, -0.2) is 27.1 Å². The van der Waals surface area contributed by atoms with Crippen molar-refractivity contribution in [2.24, 2.45) is 5.92 Å². The Kier molecular flexibility index (Phi) is 3.17. The second-order valence-electron chi connectivity index (χ2n) is 5.37. The van der Waals surface area contributed by atoms with Gasteiger partial charge in [-0.2, -0.15) is 0 Å². The molecular weight excluding hydrogens is 304 g/mol. The lowest BCUT2D eigenvalue weighted by Gasteiger charge is -2.15. The highest BCUT2D eigenvalue weighted by molar-refractivity contribution is 6.08. The molecule has 23 heavy (non-hydrogen) atoms. The molecular formula is C15H12N2O6. The maximum Gasteiger partial charge on any atom is 0.340 e. The maximum absolute atomic E-state index is 11.8. The number of carboxylic acids is 2. The number of fused-ring (bicyclic) bond motifs is 2. The van der Waals surface area contributed by atoms with Gasteiger partial charge in [0.1, 0.15) is 22.0 Å². The number of nitrogens with zero attached hydrogens (tertiary/aromatic N) is 1. The molecule has 0 amide bonds. The SMILES string of the molecule is CC1C=c2oc3cc(=O)c(N)c(C(=O)O)c-3nc2=C(C(=O)O)C1. The Morgan fingerprint density at radius 3 is 2.65 bits per heavy atom. The van der Waals surface area contributed by atoms with Gasteiger partial charge in [0.05, 0.1) is 11.3 Å². The molecule has 8 heteroatoms. The van der Waals surface area contributed by atoms with E-state index in [4.69, 9.17) is 10.2 Å². The van der Waals surface area contributed by atoms with Crippen LogP contribution in [0.15, 0.2) is 15.3 Å². The summed E-state index contributed by atoms with van der Waals surface area (Å²) in [5.74, 6) is -2.72. The van der Waals surface area contributed by atoms with Crippen LogP contribution < -0.4 is 21.9 Å². The molecule has 0 aromatic carbocycles. The minimum Gasteiger partial charge on any atom is -0.478 e. The zero-order valence-electron chi connectivity index (χ0n) is 12.0. The van der Waals surface area contributed by atoms with Gasteiger partial charge in [-0.1, -0.05) is 6.92 Å². The second kappa shape index (κ2) is 4.94. The molecule has 1 aliphatic heterocycles. The first kappa shape index (κ1) is 14.8. The molecule has 4 N–H and O–H groups in total. The predicted octanol–water partition coefficient (Wildman–Crippen LogP) is -0.524. The molecule has 0 spiro atoms. The molecule has 0 saturated heterocycles. The molecule has 0 bridgehead atoms. The largest absolute Gasteiger partial charge is 0.478 e. The predicted molar refractivity (Wildman–Crippen MR) is 79.3 cm³/mol. The first-order valence-corrected chi connectivity index (χ1v) is 6.74. The van der Waals surface area contributed by atoms with Crippen molar-refractivity contribution in [1.82, 2.24) is 4.98 Å². The van der Waals surface area contributed by atoms with Crippen LogP contribution in [0.3, 0.4) is 0 Å². The Morgan fingerprint density at radius 1 is 1.35 bits per heavy atom. The molecule has 118 valence electrons. The molecule has 1 atom stereocenters. The smallest absolute Gasteiger partial charge is 0.340 e. The summed E-state index contributed by atoms with van der Waals surface area (Å²) < 4.78 is 5.54. The van der Waals surface area contributed by atoms with E-state index in [2.05, 4.69) is 4.98 Å². The average Bonchev–Trinajstić information content (AvgIpc) is 2.45. The van der Waals surface area contributed by atoms with Gasteiger partial charge in [0.2, 0.25) is 5.43 Å². The Bertz CT molecular complexity index is 1000. The van der Waals surface area contributed by atoms with E-state index in [1.807, 2.05) is 6.92 Å². The number of carbonyl (C=O) groups is 2. The average molecular weight is 316 g/mol. The number of aromatic carboxylic acids is 1. The summed E-state index contributed by atoms with van der Waals surface area (Å²) >= 11 is 0. The standard InChI is InChI=1S/C15H12N2O6/c1-5-2-6(14(19)20)12-8(3-5)23-9-4-7(18)11(16)10(15(21)22)13(9)17-12/h3-5H,2,16H2,1H3,(H,19,20)(H,21,22). The van der Waals surface area contributed by atoms with Crippen molar-refractivity contribution >= 4 is 29.3 Å². The molecule has 1 heterocycles. The van der Waals surface area contributed by atoms with Gasteiger partial charge in [-0.3, -0.25) is 4.79 Å². The number of anilines is 1. The quantitative estimate of drug-likeness (QED) is 0.627. The van der Waals surface area contributed by atoms with Gasteiger partial charge in [0.25, 0.3) is 0 Å². The highest BCUT2D eigenvalue weighted by Gasteiger charge is 2.26. The van der Waals surface area contributed by atoms with Crippen LogP contribution in [-0.2, 0) is 4.79 Å². The summed E-state index contributed by atoms with van der Waals surface area (Å²) in [5.41, 5.74) is 3.99. The van der Waals surface area contributed by atoms with Gasteiger partial charge in [-0.05, 0) is 18.4 Å². The van der Waals surface area contributed by atoms with E-state index in [-0.39, 0.29) is 40.1 Å². The molecule has 1 unspecified atom stereocenters. The van der Waals surface area contributed by atoms with E-state index in [9.17, 15) is 24.6 Å². The maximum atomic E-state index is 11.8. The number of nitrogens with two attached hydrogens (primary N) is 1. The number of rotatable bonds is 2. The Balaban J connectivity index is 2.56. The van der Waals surface area contributed by atoms with Crippen LogP contribution in [0.5, 0.6) is 0 Å². The summed E-state index contributed by atoms with van der Waals surface area (Å²) in [6, 6.07) is 1.05. The number of benzene rings is 1. The number of hydrogen-bond donors (Lipinski definition) is 3. The van der Waals surface area contributed by atoms with Crippen molar-refractivity contribution < 1.29 is 24.2 Å². The van der Waals surface area contributed by atoms with E-state index in [1.165, 1.54) is 0 Å². The van der Waals surface area contributed by atoms with Crippen molar-refractivity contribution in [3.63, 3.8) is 0 Å². The number of nitrogen functional groups attached to an aromatic ring is 1. The number of hydrogen-bond acceptors (Lipinski definition) is 6. The molecule has 8 nitrogen and oxygen atoms in total. The zero-order valence-corrected chi connectivity index (χ0v) is 12.0. The fraction of sp³-hybridized carbons (Fsp3) is 0.200. The first-order chi connectivity index (χ1) is 10.8. The highest BCUT2D eigenvalue weighted by Crippen LogP contribution is 2.24. The van der Waals surface area contributed by atoms with Crippen LogP contribution in [0.25, 0.3) is 23.1 Å². The fourth-order valence-electron chi connectivity index (χ4n) is 2.63. The van der Waals surface area contributed by atoms with E-state index in [1.54, 1.807) is 6.08 Å². The minimum absolute atomic E-state index is 0.0294. The molecule has 0 fully saturated rings. The van der Waals surface area contributed by atoms with Crippen LogP contribution >= 0.6 is 0 Å². The lowest BCUT2D eigenvalue weighted by atomic mass is 9.96. The highest BCUT2D eigenvalue weighted by atomic mass is 16.4. The van der Waals surface area contributed by atoms with Crippen LogP contribution in [0.2, 0.25) is 0 Å². The summed E-state index contributed by atoms with van der Waals surface area (Å²) in [5, 5.41) is 18.7. The summed E-state index contributed by atoms with van der Waals surface area (Å²) in [6.07, 6.45) is 1.93. The van der Waals surface area contributed by atoms with Crippen molar-refractivity contribution in [3.8, 4) is 11.5 Å². The molecule has 3 rings (SSSR count). The van der Waals surface area contributed by atoms with Gasteiger partial charge >= 0.3 is 11.9 Å². The molecule has 2 aliphatic carbocycles. The molecule has 0 radical (unpaired) electrons.